The molecule has 0 heterocycles. The van der Waals surface area contributed by atoms with E-state index in [2.05, 4.69) is 79.1 Å². The predicted octanol–water partition coefficient (Wildman–Crippen LogP) is 14.1. The third kappa shape index (κ3) is 45.5. The first-order valence-corrected chi connectivity index (χ1v) is 26.5. The van der Waals surface area contributed by atoms with Crippen molar-refractivity contribution >= 4 is 25.7 Å². The highest BCUT2D eigenvalue weighted by atomic mass is 31.2. The third-order valence-electron chi connectivity index (χ3n) is 10.4. The maximum atomic E-state index is 12.7. The van der Waals surface area contributed by atoms with Crippen molar-refractivity contribution in [2.45, 2.75) is 219 Å². The summed E-state index contributed by atoms with van der Waals surface area (Å²) in [4.78, 5) is 46.1. The summed E-state index contributed by atoms with van der Waals surface area (Å²) in [5.41, 5.74) is 5.34. The monoisotopic (exact) mass is 920 g/mol. The van der Waals surface area contributed by atoms with Gasteiger partial charge in [-0.15, -0.1) is 0 Å². The summed E-state index contributed by atoms with van der Waals surface area (Å²) in [6, 6.07) is -1.54. The molecule has 3 atom stereocenters. The molecule has 0 bridgehead atoms. The van der Waals surface area contributed by atoms with Gasteiger partial charge in [-0.3, -0.25) is 23.4 Å². The van der Waals surface area contributed by atoms with Gasteiger partial charge in [0.1, 0.15) is 12.6 Å². The quantitative estimate of drug-likeness (QED) is 0.0230. The van der Waals surface area contributed by atoms with Crippen molar-refractivity contribution in [3.8, 4) is 0 Å². The molecule has 4 N–H and O–H groups in total. The van der Waals surface area contributed by atoms with Crippen LogP contribution in [0.2, 0.25) is 0 Å². The zero-order chi connectivity index (χ0) is 47.0. The van der Waals surface area contributed by atoms with Crippen LogP contribution in [0.3, 0.4) is 0 Å². The van der Waals surface area contributed by atoms with Crippen molar-refractivity contribution < 1.29 is 47.5 Å². The molecule has 0 aromatic rings. The average Bonchev–Trinajstić information content (AvgIpc) is 3.27. The Morgan fingerprint density at radius 3 is 1.33 bits per heavy atom. The molecule has 0 saturated heterocycles. The normalized spacial score (nSPS) is 14.2. The SMILES string of the molecule is CC/C=C/C/C=C/C/C=C/C/C=C/C/C=C/CCCC(=O)OC[C@@H](COP(=O)(O)OC[C@H](N)C(=O)O)OC(=O)CCC/C=C/CCCCCCCCCCCCCCCCCCCC. The molecule has 0 spiro atoms. The van der Waals surface area contributed by atoms with E-state index in [0.717, 1.165) is 44.9 Å². The van der Waals surface area contributed by atoms with Gasteiger partial charge in [0.15, 0.2) is 6.10 Å². The molecule has 64 heavy (non-hydrogen) atoms. The molecule has 0 saturated carbocycles. The Balaban J connectivity index is 4.35. The maximum Gasteiger partial charge on any atom is 0.472 e. The minimum Gasteiger partial charge on any atom is -0.480 e. The molecule has 0 fully saturated rings. The number of carboxylic acids is 1. The number of hydrogen-bond donors (Lipinski definition) is 3. The molecule has 0 aliphatic carbocycles. The molecule has 0 aliphatic heterocycles. The summed E-state index contributed by atoms with van der Waals surface area (Å²) < 4.78 is 32.7. The summed E-state index contributed by atoms with van der Waals surface area (Å²) in [6.07, 6.45) is 57.1. The number of nitrogens with two attached hydrogens (primary N) is 1. The molecule has 0 aliphatic rings. The molecular formula is C52H90NO10P. The Bertz CT molecular complexity index is 1360. The van der Waals surface area contributed by atoms with Crippen molar-refractivity contribution in [2.24, 2.45) is 5.73 Å². The lowest BCUT2D eigenvalue weighted by Gasteiger charge is -2.20. The minimum atomic E-state index is -4.74. The van der Waals surface area contributed by atoms with Crippen LogP contribution in [-0.4, -0.2) is 59.9 Å². The first-order chi connectivity index (χ1) is 31.1. The van der Waals surface area contributed by atoms with Crippen LogP contribution in [0.25, 0.3) is 0 Å². The third-order valence-corrected chi connectivity index (χ3v) is 11.4. The number of carbonyl (C=O) groups excluding carboxylic acids is 2. The molecule has 0 rings (SSSR count). The van der Waals surface area contributed by atoms with E-state index in [9.17, 15) is 23.8 Å². The molecule has 0 aromatic heterocycles. The molecule has 368 valence electrons. The highest BCUT2D eigenvalue weighted by Gasteiger charge is 2.28. The number of rotatable bonds is 46. The maximum absolute atomic E-state index is 12.7. The Morgan fingerprint density at radius 1 is 0.500 bits per heavy atom. The van der Waals surface area contributed by atoms with Gasteiger partial charge in [0, 0.05) is 12.8 Å². The standard InChI is InChI=1S/C52H90NO10P/c1-3-5-7-9-11-13-15-17-19-21-22-23-24-25-26-28-30-32-34-36-38-40-42-44-51(55)63-48(46-61-64(58,59)62-47-49(53)52(56)57)45-60-50(54)43-41-39-37-35-33-31-29-27-20-18-16-14-12-10-8-6-4-2/h6,8,12,14,18,20,29,31,35-38,48-49H,3-5,7,9-11,13,15-17,19,21-28,30,32-34,39-47,53H2,1-2H3,(H,56,57)(H,58,59)/b8-6+,14-12+,20-18+,31-29+,37-35+,38-36+/t48-,49-/m0/s1. The largest absolute Gasteiger partial charge is 0.480 e. The summed E-state index contributed by atoms with van der Waals surface area (Å²) in [7, 11) is -4.74. The van der Waals surface area contributed by atoms with Gasteiger partial charge in [0.2, 0.25) is 0 Å². The van der Waals surface area contributed by atoms with E-state index in [-0.39, 0.29) is 19.4 Å². The number of ether oxygens (including phenoxy) is 2. The minimum absolute atomic E-state index is 0.0992. The number of carbonyl (C=O) groups is 3. The average molecular weight is 920 g/mol. The molecular weight excluding hydrogens is 830 g/mol. The summed E-state index contributed by atoms with van der Waals surface area (Å²) >= 11 is 0. The second-order valence-corrected chi connectivity index (χ2v) is 18.0. The molecule has 0 radical (unpaired) electrons. The lowest BCUT2D eigenvalue weighted by atomic mass is 10.0. The van der Waals surface area contributed by atoms with E-state index in [1.54, 1.807) is 0 Å². The summed E-state index contributed by atoms with van der Waals surface area (Å²) in [6.45, 7) is 2.62. The number of phosphoric ester groups is 1. The van der Waals surface area contributed by atoms with Gasteiger partial charge >= 0.3 is 25.7 Å². The van der Waals surface area contributed by atoms with Crippen LogP contribution in [0.1, 0.15) is 206 Å². The number of allylic oxidation sites excluding steroid dienone is 12. The summed E-state index contributed by atoms with van der Waals surface area (Å²) in [5, 5.41) is 8.91. The number of aliphatic carboxylic acids is 1. The van der Waals surface area contributed by atoms with Gasteiger partial charge in [0.05, 0.1) is 13.2 Å². The van der Waals surface area contributed by atoms with Gasteiger partial charge in [0.25, 0.3) is 0 Å². The van der Waals surface area contributed by atoms with Crippen LogP contribution >= 0.6 is 7.82 Å². The van der Waals surface area contributed by atoms with Crippen molar-refractivity contribution in [3.63, 3.8) is 0 Å². The van der Waals surface area contributed by atoms with E-state index in [1.807, 2.05) is 12.2 Å². The number of carboxylic acid groups (broad SMARTS) is 1. The van der Waals surface area contributed by atoms with Gasteiger partial charge in [-0.2, -0.15) is 0 Å². The Hall–Kier alpha value is -3.08. The fourth-order valence-electron chi connectivity index (χ4n) is 6.58. The first-order valence-electron chi connectivity index (χ1n) is 25.0. The highest BCUT2D eigenvalue weighted by molar-refractivity contribution is 7.47. The van der Waals surface area contributed by atoms with Crippen molar-refractivity contribution in [2.75, 3.05) is 19.8 Å². The van der Waals surface area contributed by atoms with Crippen molar-refractivity contribution in [1.29, 1.82) is 0 Å². The van der Waals surface area contributed by atoms with Crippen LogP contribution in [-0.2, 0) is 37.5 Å². The molecule has 12 heteroatoms. The smallest absolute Gasteiger partial charge is 0.472 e. The summed E-state index contributed by atoms with van der Waals surface area (Å²) in [5.74, 6) is -2.49. The van der Waals surface area contributed by atoms with E-state index in [4.69, 9.17) is 24.8 Å². The predicted molar refractivity (Wildman–Crippen MR) is 263 cm³/mol. The lowest BCUT2D eigenvalue weighted by molar-refractivity contribution is -0.161. The molecule has 0 aromatic carbocycles. The topological polar surface area (TPSA) is 172 Å². The van der Waals surface area contributed by atoms with E-state index in [0.29, 0.717) is 25.7 Å². The Labute approximate surface area is 389 Å². The zero-order valence-electron chi connectivity index (χ0n) is 40.1. The van der Waals surface area contributed by atoms with Gasteiger partial charge in [-0.1, -0.05) is 196 Å². The molecule has 0 amide bonds. The molecule has 1 unspecified atom stereocenters. The lowest BCUT2D eigenvalue weighted by Crippen LogP contribution is -2.34. The van der Waals surface area contributed by atoms with Crippen LogP contribution in [0, 0.1) is 0 Å². The highest BCUT2D eigenvalue weighted by Crippen LogP contribution is 2.43. The van der Waals surface area contributed by atoms with Crippen LogP contribution in [0.4, 0.5) is 0 Å². The fourth-order valence-corrected chi connectivity index (χ4v) is 7.35. The Morgan fingerprint density at radius 2 is 0.875 bits per heavy atom. The van der Waals surface area contributed by atoms with E-state index < -0.39 is 51.1 Å². The zero-order valence-corrected chi connectivity index (χ0v) is 41.0. The number of unbranched alkanes of at least 4 members (excludes halogenated alkanes) is 20. The number of phosphoric acid groups is 1. The second kappa shape index (κ2) is 46.4. The first kappa shape index (κ1) is 60.9. The van der Waals surface area contributed by atoms with Gasteiger partial charge in [-0.25, -0.2) is 4.57 Å². The number of esters is 2. The van der Waals surface area contributed by atoms with Gasteiger partial charge < -0.3 is 25.2 Å². The fraction of sp³-hybridized carbons (Fsp3) is 0.712. The van der Waals surface area contributed by atoms with Gasteiger partial charge in [-0.05, 0) is 70.6 Å². The van der Waals surface area contributed by atoms with Crippen molar-refractivity contribution in [3.05, 3.63) is 72.9 Å². The van der Waals surface area contributed by atoms with Crippen molar-refractivity contribution in [1.82, 2.24) is 0 Å². The Kier molecular flexibility index (Phi) is 44.2. The van der Waals surface area contributed by atoms with Crippen LogP contribution < -0.4 is 5.73 Å². The second-order valence-electron chi connectivity index (χ2n) is 16.6. The van der Waals surface area contributed by atoms with Crippen LogP contribution in [0.15, 0.2) is 72.9 Å². The van der Waals surface area contributed by atoms with E-state index >= 15 is 0 Å². The van der Waals surface area contributed by atoms with E-state index in [1.165, 1.54) is 109 Å². The van der Waals surface area contributed by atoms with Crippen LogP contribution in [0.5, 0.6) is 0 Å². The molecule has 11 nitrogen and oxygen atoms in total. The number of hydrogen-bond acceptors (Lipinski definition) is 9.